The van der Waals surface area contributed by atoms with Gasteiger partial charge in [0.15, 0.2) is 0 Å². The molecule has 0 aliphatic carbocycles. The van der Waals surface area contributed by atoms with Crippen LogP contribution < -0.4 is 5.73 Å². The molecule has 0 amide bonds. The van der Waals surface area contributed by atoms with E-state index in [1.807, 2.05) is 0 Å². The molecule has 0 unspecified atom stereocenters. The molecule has 0 aliphatic heterocycles. The molecule has 0 saturated carbocycles. The maximum Gasteiger partial charge on any atom is 0.340 e. The van der Waals surface area contributed by atoms with E-state index in [2.05, 4.69) is 6.58 Å². The number of ether oxygens (including phenoxy) is 1. The van der Waals surface area contributed by atoms with Crippen LogP contribution in [-0.4, -0.2) is 12.6 Å². The molecule has 6 heteroatoms. The lowest BCUT2D eigenvalue weighted by Crippen LogP contribution is -2.13. The van der Waals surface area contributed by atoms with Gasteiger partial charge in [0.25, 0.3) is 0 Å². The Bertz CT molecular complexity index is 441. The van der Waals surface area contributed by atoms with Gasteiger partial charge in [-0.3, -0.25) is 0 Å². The van der Waals surface area contributed by atoms with Gasteiger partial charge in [-0.25, -0.2) is 4.79 Å². The molecule has 0 aliphatic rings. The second kappa shape index (κ2) is 5.63. The lowest BCUT2D eigenvalue weighted by Gasteiger charge is -2.16. The lowest BCUT2D eigenvalue weighted by atomic mass is 10.1. The number of para-hydroxylation sites is 1. The van der Waals surface area contributed by atoms with Crippen molar-refractivity contribution < 1.29 is 9.53 Å². The summed E-state index contributed by atoms with van der Waals surface area (Å²) >= 11 is 17.2. The van der Waals surface area contributed by atoms with Crippen LogP contribution in [0, 0.1) is 0 Å². The van der Waals surface area contributed by atoms with Crippen molar-refractivity contribution in [1.29, 1.82) is 0 Å². The first-order valence-electron chi connectivity index (χ1n) is 4.61. The molecular weight excluding hydrogens is 284 g/mol. The minimum absolute atomic E-state index is 0.0935. The summed E-state index contributed by atoms with van der Waals surface area (Å²) in [6, 6.07) is 4.60. The van der Waals surface area contributed by atoms with Crippen LogP contribution in [0.2, 0.25) is 0 Å². The molecule has 2 N–H and O–H groups in total. The van der Waals surface area contributed by atoms with Crippen molar-refractivity contribution in [3.8, 4) is 0 Å². The largest absolute Gasteiger partial charge is 0.458 e. The van der Waals surface area contributed by atoms with E-state index in [-0.39, 0.29) is 23.4 Å². The zero-order chi connectivity index (χ0) is 13.1. The van der Waals surface area contributed by atoms with Gasteiger partial charge in [-0.2, -0.15) is 0 Å². The highest BCUT2D eigenvalue weighted by atomic mass is 35.6. The average molecular weight is 295 g/mol. The van der Waals surface area contributed by atoms with E-state index < -0.39 is 9.76 Å². The summed E-state index contributed by atoms with van der Waals surface area (Å²) in [7, 11) is 0. The normalized spacial score (nSPS) is 11.0. The van der Waals surface area contributed by atoms with E-state index in [0.29, 0.717) is 0 Å². The second-order valence-electron chi connectivity index (χ2n) is 3.15. The van der Waals surface area contributed by atoms with Crippen LogP contribution in [0.15, 0.2) is 30.9 Å². The maximum absolute atomic E-state index is 11.6. The molecule has 0 fully saturated rings. The summed E-state index contributed by atoms with van der Waals surface area (Å²) in [5.74, 6) is -0.585. The van der Waals surface area contributed by atoms with Gasteiger partial charge in [0.1, 0.15) is 6.61 Å². The molecule has 1 aromatic rings. The van der Waals surface area contributed by atoms with Crippen molar-refractivity contribution in [2.75, 3.05) is 12.3 Å². The van der Waals surface area contributed by atoms with E-state index in [0.717, 1.165) is 0 Å². The molecule has 0 radical (unpaired) electrons. The summed E-state index contributed by atoms with van der Waals surface area (Å²) < 4.78 is 3.18. The Morgan fingerprint density at radius 2 is 2.12 bits per heavy atom. The van der Waals surface area contributed by atoms with Gasteiger partial charge in [0.05, 0.1) is 11.3 Å². The third-order valence-electron chi connectivity index (χ3n) is 1.96. The fraction of sp³-hybridized carbons (Fsp3) is 0.182. The van der Waals surface area contributed by atoms with E-state index in [1.54, 1.807) is 6.07 Å². The predicted octanol–water partition coefficient (Wildman–Crippen LogP) is 3.44. The van der Waals surface area contributed by atoms with Gasteiger partial charge in [-0.15, -0.1) is 0 Å². The van der Waals surface area contributed by atoms with Crippen molar-refractivity contribution >= 4 is 46.5 Å². The Kier molecular flexibility index (Phi) is 4.69. The van der Waals surface area contributed by atoms with Gasteiger partial charge < -0.3 is 10.5 Å². The highest BCUT2D eigenvalue weighted by Gasteiger charge is 2.27. The number of hydrogen-bond acceptors (Lipinski definition) is 3. The molecule has 0 aromatic heterocycles. The number of anilines is 1. The number of carbonyl (C=O) groups is 1. The minimum Gasteiger partial charge on any atom is -0.458 e. The molecule has 0 heterocycles. The third kappa shape index (κ3) is 3.53. The predicted molar refractivity (Wildman–Crippen MR) is 70.6 cm³/mol. The van der Waals surface area contributed by atoms with Crippen LogP contribution in [0.3, 0.4) is 0 Å². The molecule has 17 heavy (non-hydrogen) atoms. The summed E-state index contributed by atoms with van der Waals surface area (Å²) in [5, 5.41) is 0. The standard InChI is InChI=1S/C11H10Cl3NO2/c1-2-6-17-10(16)7-4-3-5-8(9(7)15)11(12,13)14/h2-5H,1,6,15H2. The van der Waals surface area contributed by atoms with Gasteiger partial charge in [0.2, 0.25) is 3.79 Å². The monoisotopic (exact) mass is 293 g/mol. The van der Waals surface area contributed by atoms with Gasteiger partial charge in [-0.1, -0.05) is 59.6 Å². The Labute approximate surface area is 114 Å². The Balaban J connectivity index is 3.10. The van der Waals surface area contributed by atoms with Crippen LogP contribution in [-0.2, 0) is 8.53 Å². The molecular formula is C11H10Cl3NO2. The Morgan fingerprint density at radius 3 is 2.65 bits per heavy atom. The van der Waals surface area contributed by atoms with E-state index in [1.165, 1.54) is 18.2 Å². The molecule has 0 spiro atoms. The van der Waals surface area contributed by atoms with Crippen molar-refractivity contribution in [2.45, 2.75) is 3.79 Å². The van der Waals surface area contributed by atoms with Crippen molar-refractivity contribution in [3.05, 3.63) is 42.0 Å². The molecule has 1 rings (SSSR count). The highest BCUT2D eigenvalue weighted by Crippen LogP contribution is 2.42. The minimum atomic E-state index is -1.68. The number of hydrogen-bond donors (Lipinski definition) is 1. The van der Waals surface area contributed by atoms with Crippen molar-refractivity contribution in [1.82, 2.24) is 0 Å². The fourth-order valence-corrected chi connectivity index (χ4v) is 1.70. The number of carbonyl (C=O) groups excluding carboxylic acids is 1. The Hall–Kier alpha value is -0.900. The summed E-state index contributed by atoms with van der Waals surface area (Å²) in [4.78, 5) is 11.6. The van der Waals surface area contributed by atoms with Crippen LogP contribution >= 0.6 is 34.8 Å². The first-order chi connectivity index (χ1) is 7.88. The Morgan fingerprint density at radius 1 is 1.47 bits per heavy atom. The first kappa shape index (κ1) is 14.2. The second-order valence-corrected chi connectivity index (χ2v) is 5.43. The summed E-state index contributed by atoms with van der Waals surface area (Å²) in [6.07, 6.45) is 1.45. The number of alkyl halides is 3. The topological polar surface area (TPSA) is 52.3 Å². The molecule has 0 saturated heterocycles. The van der Waals surface area contributed by atoms with Crippen LogP contribution in [0.5, 0.6) is 0 Å². The van der Waals surface area contributed by atoms with E-state index in [4.69, 9.17) is 45.3 Å². The number of esters is 1. The number of nitrogen functional groups attached to an aromatic ring is 1. The van der Waals surface area contributed by atoms with E-state index >= 15 is 0 Å². The van der Waals surface area contributed by atoms with Gasteiger partial charge >= 0.3 is 5.97 Å². The van der Waals surface area contributed by atoms with Crippen molar-refractivity contribution in [2.24, 2.45) is 0 Å². The van der Waals surface area contributed by atoms with Crippen LogP contribution in [0.4, 0.5) is 5.69 Å². The van der Waals surface area contributed by atoms with Gasteiger partial charge in [0, 0.05) is 5.56 Å². The quantitative estimate of drug-likeness (QED) is 0.402. The SMILES string of the molecule is C=CCOC(=O)c1cccc(C(Cl)(Cl)Cl)c1N. The number of halogens is 3. The number of nitrogens with two attached hydrogens (primary N) is 1. The number of rotatable bonds is 3. The summed E-state index contributed by atoms with van der Waals surface area (Å²) in [6.45, 7) is 3.53. The smallest absolute Gasteiger partial charge is 0.340 e. The summed E-state index contributed by atoms with van der Waals surface area (Å²) in [5.41, 5.74) is 6.27. The van der Waals surface area contributed by atoms with E-state index in [9.17, 15) is 4.79 Å². The van der Waals surface area contributed by atoms with Crippen molar-refractivity contribution in [3.63, 3.8) is 0 Å². The third-order valence-corrected chi connectivity index (χ3v) is 2.57. The average Bonchev–Trinajstić information content (AvgIpc) is 2.24. The molecule has 92 valence electrons. The lowest BCUT2D eigenvalue weighted by molar-refractivity contribution is 0.0551. The number of benzene rings is 1. The fourth-order valence-electron chi connectivity index (χ4n) is 1.20. The van der Waals surface area contributed by atoms with Crippen LogP contribution in [0.25, 0.3) is 0 Å². The highest BCUT2D eigenvalue weighted by molar-refractivity contribution is 6.67. The zero-order valence-electron chi connectivity index (χ0n) is 8.75. The molecule has 0 bridgehead atoms. The zero-order valence-corrected chi connectivity index (χ0v) is 11.0. The maximum atomic E-state index is 11.6. The first-order valence-corrected chi connectivity index (χ1v) is 5.75. The molecule has 0 atom stereocenters. The molecule has 1 aromatic carbocycles. The van der Waals surface area contributed by atoms with Gasteiger partial charge in [-0.05, 0) is 6.07 Å². The molecule has 3 nitrogen and oxygen atoms in total. The van der Waals surface area contributed by atoms with Crippen LogP contribution in [0.1, 0.15) is 15.9 Å².